The Morgan fingerprint density at radius 2 is 1.87 bits per heavy atom. The molecule has 2 aliphatic rings. The number of nitrogens with one attached hydrogen (secondary N) is 1. The predicted molar refractivity (Wildman–Crippen MR) is 116 cm³/mol. The van der Waals surface area contributed by atoms with E-state index in [2.05, 4.69) is 15.2 Å². The number of pyridine rings is 1. The Hall–Kier alpha value is -2.52. The van der Waals surface area contributed by atoms with Gasteiger partial charge in [-0.2, -0.15) is 0 Å². The van der Waals surface area contributed by atoms with Gasteiger partial charge in [-0.05, 0) is 63.5 Å². The highest BCUT2D eigenvalue weighted by Crippen LogP contribution is 2.46. The topological polar surface area (TPSA) is 82.6 Å². The second-order valence-electron chi connectivity index (χ2n) is 8.85. The average Bonchev–Trinajstić information content (AvgIpc) is 3.04. The van der Waals surface area contributed by atoms with E-state index in [9.17, 15) is 17.6 Å². The number of urea groups is 1. The van der Waals surface area contributed by atoms with Crippen molar-refractivity contribution in [1.82, 2.24) is 15.2 Å². The van der Waals surface area contributed by atoms with Crippen molar-refractivity contribution in [2.24, 2.45) is 0 Å². The predicted octanol–water partition coefficient (Wildman–Crippen LogP) is 2.92. The maximum absolute atomic E-state index is 13.9. The number of anilines is 1. The highest BCUT2D eigenvalue weighted by molar-refractivity contribution is 7.90. The van der Waals surface area contributed by atoms with Crippen LogP contribution in [0.4, 0.5) is 14.9 Å². The molecule has 2 heterocycles. The van der Waals surface area contributed by atoms with Gasteiger partial charge >= 0.3 is 6.03 Å². The number of halogens is 1. The Balaban J connectivity index is 1.61. The van der Waals surface area contributed by atoms with Gasteiger partial charge in [0.2, 0.25) is 0 Å². The van der Waals surface area contributed by atoms with Crippen LogP contribution in [0.1, 0.15) is 31.2 Å². The minimum absolute atomic E-state index is 0.0907. The standard InChI is InChI=1S/C22H27FN4O3S/c1-26(2)22(16-5-4-6-17(23)13-16)10-8-21(9-11-22)15-27(20(28)25-21)18-14-24-12-7-19(18)31(3,29)30/h4-7,12-14H,8-11,15H2,1-3H3,(H,25,28)/t21-,22+. The fraction of sp³-hybridized carbons (Fsp3) is 0.455. The van der Waals surface area contributed by atoms with Crippen LogP contribution in [0.5, 0.6) is 0 Å². The molecule has 1 aromatic carbocycles. The molecule has 2 amide bonds. The molecule has 0 radical (unpaired) electrons. The van der Waals surface area contributed by atoms with Crippen LogP contribution < -0.4 is 10.2 Å². The molecule has 1 saturated carbocycles. The second-order valence-corrected chi connectivity index (χ2v) is 10.8. The molecule has 7 nitrogen and oxygen atoms in total. The Morgan fingerprint density at radius 1 is 1.16 bits per heavy atom. The van der Waals surface area contributed by atoms with Gasteiger partial charge in [-0.1, -0.05) is 12.1 Å². The van der Waals surface area contributed by atoms with Crippen molar-refractivity contribution in [3.63, 3.8) is 0 Å². The molecule has 1 spiro atoms. The van der Waals surface area contributed by atoms with Crippen molar-refractivity contribution in [1.29, 1.82) is 0 Å². The van der Waals surface area contributed by atoms with Gasteiger partial charge in [-0.3, -0.25) is 14.8 Å². The minimum Gasteiger partial charge on any atom is -0.330 e. The first-order chi connectivity index (χ1) is 14.6. The zero-order valence-corrected chi connectivity index (χ0v) is 18.7. The summed E-state index contributed by atoms with van der Waals surface area (Å²) in [6.07, 6.45) is 6.83. The number of carbonyl (C=O) groups excluding carboxylic acids is 1. The molecule has 0 atom stereocenters. The lowest BCUT2D eigenvalue weighted by Gasteiger charge is -2.48. The number of hydrogen-bond donors (Lipinski definition) is 1. The molecular formula is C22H27FN4O3S. The molecule has 1 aliphatic heterocycles. The summed E-state index contributed by atoms with van der Waals surface area (Å²) in [5, 5.41) is 3.11. The van der Waals surface area contributed by atoms with Crippen LogP contribution in [0, 0.1) is 5.82 Å². The van der Waals surface area contributed by atoms with E-state index in [0.29, 0.717) is 25.1 Å². The molecule has 31 heavy (non-hydrogen) atoms. The lowest BCUT2D eigenvalue weighted by molar-refractivity contribution is 0.0655. The molecule has 4 rings (SSSR count). The highest BCUT2D eigenvalue weighted by Gasteiger charge is 2.50. The van der Waals surface area contributed by atoms with E-state index in [-0.39, 0.29) is 22.3 Å². The van der Waals surface area contributed by atoms with Crippen LogP contribution in [0.2, 0.25) is 0 Å². The number of sulfone groups is 1. The number of benzene rings is 1. The zero-order chi connectivity index (χ0) is 22.4. The molecule has 1 aliphatic carbocycles. The zero-order valence-electron chi connectivity index (χ0n) is 17.9. The average molecular weight is 447 g/mol. The fourth-order valence-corrected chi connectivity index (χ4v) is 5.84. The normalized spacial score (nSPS) is 26.5. The van der Waals surface area contributed by atoms with Crippen molar-refractivity contribution in [2.75, 3.05) is 31.8 Å². The summed E-state index contributed by atoms with van der Waals surface area (Å²) in [6, 6.07) is 7.82. The van der Waals surface area contributed by atoms with E-state index in [1.165, 1.54) is 29.4 Å². The first-order valence-corrected chi connectivity index (χ1v) is 12.1. The van der Waals surface area contributed by atoms with Gasteiger partial charge in [0.1, 0.15) is 5.82 Å². The molecule has 0 bridgehead atoms. The van der Waals surface area contributed by atoms with Crippen molar-refractivity contribution in [3.05, 3.63) is 54.1 Å². The minimum atomic E-state index is -3.51. The molecule has 0 unspecified atom stereocenters. The van der Waals surface area contributed by atoms with Crippen LogP contribution in [0.15, 0.2) is 47.6 Å². The number of aromatic nitrogens is 1. The molecule has 9 heteroatoms. The highest BCUT2D eigenvalue weighted by atomic mass is 32.2. The third kappa shape index (κ3) is 3.80. The third-order valence-corrected chi connectivity index (χ3v) is 7.93. The van der Waals surface area contributed by atoms with Gasteiger partial charge < -0.3 is 5.32 Å². The Morgan fingerprint density at radius 3 is 2.48 bits per heavy atom. The van der Waals surface area contributed by atoms with Crippen molar-refractivity contribution >= 4 is 21.6 Å². The summed E-state index contributed by atoms with van der Waals surface area (Å²) in [6.45, 7) is 0.368. The maximum Gasteiger partial charge on any atom is 0.322 e. The van der Waals surface area contributed by atoms with E-state index in [0.717, 1.165) is 24.7 Å². The fourth-order valence-electron chi connectivity index (χ4n) is 4.99. The van der Waals surface area contributed by atoms with E-state index in [1.807, 2.05) is 20.2 Å². The first kappa shape index (κ1) is 21.7. The molecule has 1 aromatic heterocycles. The van der Waals surface area contributed by atoms with E-state index in [1.54, 1.807) is 12.1 Å². The molecule has 2 fully saturated rings. The number of nitrogens with zero attached hydrogens (tertiary/aromatic N) is 3. The van der Waals surface area contributed by atoms with E-state index in [4.69, 9.17) is 0 Å². The number of rotatable bonds is 4. The maximum atomic E-state index is 13.9. The second kappa shape index (κ2) is 7.56. The summed E-state index contributed by atoms with van der Waals surface area (Å²) in [4.78, 5) is 20.6. The largest absolute Gasteiger partial charge is 0.330 e. The first-order valence-electron chi connectivity index (χ1n) is 10.2. The van der Waals surface area contributed by atoms with Crippen LogP contribution in [0.3, 0.4) is 0 Å². The van der Waals surface area contributed by atoms with Gasteiger partial charge in [-0.25, -0.2) is 17.6 Å². The van der Waals surface area contributed by atoms with Gasteiger partial charge in [0.15, 0.2) is 9.84 Å². The summed E-state index contributed by atoms with van der Waals surface area (Å²) in [5.41, 5.74) is 0.445. The van der Waals surface area contributed by atoms with Gasteiger partial charge in [-0.15, -0.1) is 0 Å². The van der Waals surface area contributed by atoms with Crippen molar-refractivity contribution in [3.8, 4) is 0 Å². The Labute approximate surface area is 182 Å². The molecule has 166 valence electrons. The molecule has 1 N–H and O–H groups in total. The van der Waals surface area contributed by atoms with E-state index < -0.39 is 15.4 Å². The number of carbonyl (C=O) groups is 1. The summed E-state index contributed by atoms with van der Waals surface area (Å²) in [5.74, 6) is -0.260. The van der Waals surface area contributed by atoms with Crippen LogP contribution >= 0.6 is 0 Å². The van der Waals surface area contributed by atoms with Crippen molar-refractivity contribution in [2.45, 2.75) is 41.7 Å². The van der Waals surface area contributed by atoms with Crippen LogP contribution in [-0.4, -0.2) is 56.8 Å². The summed E-state index contributed by atoms with van der Waals surface area (Å²) < 4.78 is 38.4. The van der Waals surface area contributed by atoms with Gasteiger partial charge in [0.25, 0.3) is 0 Å². The number of amides is 2. The van der Waals surface area contributed by atoms with Crippen molar-refractivity contribution < 1.29 is 17.6 Å². The van der Waals surface area contributed by atoms with Gasteiger partial charge in [0, 0.05) is 18.0 Å². The lowest BCUT2D eigenvalue weighted by Crippen LogP contribution is -2.54. The third-order valence-electron chi connectivity index (χ3n) is 6.78. The lowest BCUT2D eigenvalue weighted by atomic mass is 9.69. The monoisotopic (exact) mass is 446 g/mol. The molecular weight excluding hydrogens is 419 g/mol. The Bertz CT molecular complexity index is 1110. The van der Waals surface area contributed by atoms with Crippen LogP contribution in [-0.2, 0) is 15.4 Å². The molecule has 2 aromatic rings. The summed E-state index contributed by atoms with van der Waals surface area (Å²) >= 11 is 0. The van der Waals surface area contributed by atoms with Crippen LogP contribution in [0.25, 0.3) is 0 Å². The number of hydrogen-bond acceptors (Lipinski definition) is 5. The Kier molecular flexibility index (Phi) is 5.29. The summed E-state index contributed by atoms with van der Waals surface area (Å²) in [7, 11) is 0.483. The smallest absolute Gasteiger partial charge is 0.322 e. The van der Waals surface area contributed by atoms with Gasteiger partial charge in [0.05, 0.1) is 28.9 Å². The molecule has 1 saturated heterocycles. The quantitative estimate of drug-likeness (QED) is 0.781. The van der Waals surface area contributed by atoms with E-state index >= 15 is 0 Å². The SMILES string of the molecule is CN(C)[C@]1(c2cccc(F)c2)CC[C@]2(CC1)CN(c1cnccc1S(C)(=O)=O)C(=O)N2.